The number of anilines is 1. The lowest BCUT2D eigenvalue weighted by molar-refractivity contribution is -0.118. The van der Waals surface area contributed by atoms with E-state index in [1.165, 1.54) is 0 Å². The van der Waals surface area contributed by atoms with Crippen molar-refractivity contribution in [1.82, 2.24) is 5.32 Å². The fourth-order valence-electron chi connectivity index (χ4n) is 2.98. The molecule has 0 saturated carbocycles. The Labute approximate surface area is 148 Å². The summed E-state index contributed by atoms with van der Waals surface area (Å²) in [7, 11) is 1.61. The van der Waals surface area contributed by atoms with Crippen LogP contribution in [-0.4, -0.2) is 32.3 Å². The van der Waals surface area contributed by atoms with Crippen LogP contribution in [0, 0.1) is 0 Å². The van der Waals surface area contributed by atoms with Gasteiger partial charge in [0.1, 0.15) is 11.8 Å². The molecule has 2 aromatic carbocycles. The Morgan fingerprint density at radius 3 is 2.80 bits per heavy atom. The molecule has 25 heavy (non-hydrogen) atoms. The zero-order valence-corrected chi connectivity index (χ0v) is 14.4. The molecule has 5 nitrogen and oxygen atoms in total. The van der Waals surface area contributed by atoms with E-state index in [9.17, 15) is 4.79 Å². The molecule has 1 amide bonds. The van der Waals surface area contributed by atoms with E-state index >= 15 is 0 Å². The van der Waals surface area contributed by atoms with Crippen molar-refractivity contribution in [3.63, 3.8) is 0 Å². The van der Waals surface area contributed by atoms with Crippen molar-refractivity contribution in [2.24, 2.45) is 0 Å². The number of methoxy groups -OCH3 is 1. The number of hydrogen-bond donors (Lipinski definition) is 2. The topological polar surface area (TPSA) is 59.6 Å². The van der Waals surface area contributed by atoms with Crippen molar-refractivity contribution in [1.29, 1.82) is 0 Å². The number of carbonyl (C=O) groups excluding carboxylic acids is 1. The minimum atomic E-state index is -0.434. The van der Waals surface area contributed by atoms with E-state index in [4.69, 9.17) is 9.47 Å². The maximum atomic E-state index is 12.9. The molecule has 2 atom stereocenters. The predicted octanol–water partition coefficient (Wildman–Crippen LogP) is 3.14. The minimum absolute atomic E-state index is 0.0996. The van der Waals surface area contributed by atoms with Gasteiger partial charge in [0.2, 0.25) is 5.91 Å². The van der Waals surface area contributed by atoms with Crippen molar-refractivity contribution in [2.45, 2.75) is 25.0 Å². The molecular formula is C20H24N2O3. The van der Waals surface area contributed by atoms with Crippen molar-refractivity contribution in [3.8, 4) is 5.75 Å². The standard InChI is InChI=1S/C20H24N2O3/c1-24-17-10-5-9-16(13-17)22-20(23)19(15-7-3-2-4-8-15)21-14-18-11-6-12-25-18/h2-5,7-10,13,18-19,21H,6,11-12,14H2,1H3,(H,22,23)/t18-,19+/m0/s1. The maximum absolute atomic E-state index is 12.9. The molecule has 0 aromatic heterocycles. The maximum Gasteiger partial charge on any atom is 0.246 e. The highest BCUT2D eigenvalue weighted by Gasteiger charge is 2.23. The number of hydrogen-bond acceptors (Lipinski definition) is 4. The van der Waals surface area contributed by atoms with Crippen LogP contribution in [0.5, 0.6) is 5.75 Å². The van der Waals surface area contributed by atoms with E-state index in [2.05, 4.69) is 10.6 Å². The van der Waals surface area contributed by atoms with Crippen LogP contribution in [0.4, 0.5) is 5.69 Å². The van der Waals surface area contributed by atoms with Gasteiger partial charge in [0.15, 0.2) is 0 Å². The molecule has 0 radical (unpaired) electrons. The van der Waals surface area contributed by atoms with E-state index in [0.29, 0.717) is 18.0 Å². The largest absolute Gasteiger partial charge is 0.497 e. The number of amides is 1. The lowest BCUT2D eigenvalue weighted by Crippen LogP contribution is -2.37. The van der Waals surface area contributed by atoms with Gasteiger partial charge in [0.25, 0.3) is 0 Å². The van der Waals surface area contributed by atoms with E-state index in [1.54, 1.807) is 13.2 Å². The van der Waals surface area contributed by atoms with Crippen LogP contribution in [0.3, 0.4) is 0 Å². The summed E-state index contributed by atoms with van der Waals surface area (Å²) in [6.07, 6.45) is 2.29. The van der Waals surface area contributed by atoms with E-state index in [0.717, 1.165) is 25.0 Å². The third-order valence-electron chi connectivity index (χ3n) is 4.31. The van der Waals surface area contributed by atoms with Crippen LogP contribution in [0.2, 0.25) is 0 Å². The smallest absolute Gasteiger partial charge is 0.246 e. The monoisotopic (exact) mass is 340 g/mol. The Bertz CT molecular complexity index is 684. The van der Waals surface area contributed by atoms with Crippen LogP contribution in [0.25, 0.3) is 0 Å². The lowest BCUT2D eigenvalue weighted by atomic mass is 10.1. The van der Waals surface area contributed by atoms with E-state index in [-0.39, 0.29) is 12.0 Å². The van der Waals surface area contributed by atoms with Crippen LogP contribution < -0.4 is 15.4 Å². The molecule has 1 heterocycles. The highest BCUT2D eigenvalue weighted by molar-refractivity contribution is 5.95. The van der Waals surface area contributed by atoms with E-state index in [1.807, 2.05) is 48.5 Å². The predicted molar refractivity (Wildman–Crippen MR) is 97.8 cm³/mol. The average molecular weight is 340 g/mol. The van der Waals surface area contributed by atoms with Gasteiger partial charge >= 0.3 is 0 Å². The van der Waals surface area contributed by atoms with E-state index < -0.39 is 6.04 Å². The normalized spacial score (nSPS) is 17.9. The molecular weight excluding hydrogens is 316 g/mol. The summed E-state index contributed by atoms with van der Waals surface area (Å²) in [6.45, 7) is 1.46. The molecule has 1 aliphatic heterocycles. The van der Waals surface area contributed by atoms with Gasteiger partial charge in [0, 0.05) is 24.9 Å². The van der Waals surface area contributed by atoms with Crippen molar-refractivity contribution in [3.05, 3.63) is 60.2 Å². The van der Waals surface area contributed by atoms with Gasteiger partial charge in [-0.1, -0.05) is 36.4 Å². The Morgan fingerprint density at radius 2 is 2.08 bits per heavy atom. The Morgan fingerprint density at radius 1 is 1.24 bits per heavy atom. The molecule has 2 aromatic rings. The first-order chi connectivity index (χ1) is 12.3. The molecule has 1 aliphatic rings. The molecule has 0 unspecified atom stereocenters. The second-order valence-corrected chi connectivity index (χ2v) is 6.11. The van der Waals surface area contributed by atoms with Gasteiger partial charge in [-0.25, -0.2) is 0 Å². The fraction of sp³-hybridized carbons (Fsp3) is 0.350. The molecule has 0 bridgehead atoms. The molecule has 0 aliphatic carbocycles. The average Bonchev–Trinajstić information content (AvgIpc) is 3.16. The number of ether oxygens (including phenoxy) is 2. The van der Waals surface area contributed by atoms with Gasteiger partial charge in [-0.05, 0) is 30.5 Å². The van der Waals surface area contributed by atoms with Crippen LogP contribution in [0.1, 0.15) is 24.4 Å². The van der Waals surface area contributed by atoms with Crippen molar-refractivity contribution < 1.29 is 14.3 Å². The first-order valence-electron chi connectivity index (χ1n) is 8.61. The third-order valence-corrected chi connectivity index (χ3v) is 4.31. The summed E-state index contributed by atoms with van der Waals surface area (Å²) in [4.78, 5) is 12.9. The summed E-state index contributed by atoms with van der Waals surface area (Å²) in [5.74, 6) is 0.610. The van der Waals surface area contributed by atoms with Gasteiger partial charge in [-0.3, -0.25) is 10.1 Å². The lowest BCUT2D eigenvalue weighted by Gasteiger charge is -2.21. The highest BCUT2D eigenvalue weighted by atomic mass is 16.5. The molecule has 132 valence electrons. The van der Waals surface area contributed by atoms with Gasteiger partial charge in [-0.15, -0.1) is 0 Å². The summed E-state index contributed by atoms with van der Waals surface area (Å²) >= 11 is 0. The van der Waals surface area contributed by atoms with Crippen LogP contribution in [-0.2, 0) is 9.53 Å². The molecule has 3 rings (SSSR count). The van der Waals surface area contributed by atoms with Gasteiger partial charge in [-0.2, -0.15) is 0 Å². The Balaban J connectivity index is 1.71. The molecule has 1 saturated heterocycles. The number of carbonyl (C=O) groups is 1. The van der Waals surface area contributed by atoms with Crippen LogP contribution >= 0.6 is 0 Å². The van der Waals surface area contributed by atoms with Crippen LogP contribution in [0.15, 0.2) is 54.6 Å². The first-order valence-corrected chi connectivity index (χ1v) is 8.61. The second kappa shape index (κ2) is 8.65. The summed E-state index contributed by atoms with van der Waals surface area (Å²) in [5, 5.41) is 6.33. The zero-order chi connectivity index (χ0) is 17.5. The van der Waals surface area contributed by atoms with Crippen molar-refractivity contribution in [2.75, 3.05) is 25.6 Å². The second-order valence-electron chi connectivity index (χ2n) is 6.11. The quantitative estimate of drug-likeness (QED) is 0.813. The highest BCUT2D eigenvalue weighted by Crippen LogP contribution is 2.20. The molecule has 0 spiro atoms. The summed E-state index contributed by atoms with van der Waals surface area (Å²) in [6, 6.07) is 16.7. The zero-order valence-electron chi connectivity index (χ0n) is 14.4. The number of nitrogens with one attached hydrogen (secondary N) is 2. The molecule has 2 N–H and O–H groups in total. The number of rotatable bonds is 7. The Kier molecular flexibility index (Phi) is 6.04. The molecule has 1 fully saturated rings. The minimum Gasteiger partial charge on any atom is -0.497 e. The fourth-order valence-corrected chi connectivity index (χ4v) is 2.98. The summed E-state index contributed by atoms with van der Waals surface area (Å²) < 4.78 is 10.9. The third kappa shape index (κ3) is 4.81. The van der Waals surface area contributed by atoms with Crippen molar-refractivity contribution >= 4 is 11.6 Å². The first kappa shape index (κ1) is 17.5. The SMILES string of the molecule is COc1cccc(NC(=O)[C@H](NC[C@@H]2CCCO2)c2ccccc2)c1. The van der Waals surface area contributed by atoms with Gasteiger partial charge in [0.05, 0.1) is 13.2 Å². The summed E-state index contributed by atoms with van der Waals surface area (Å²) in [5.41, 5.74) is 1.64. The number of benzene rings is 2. The Hall–Kier alpha value is -2.37. The molecule has 5 heteroatoms. The van der Waals surface area contributed by atoms with Gasteiger partial charge < -0.3 is 14.8 Å².